The zero-order valence-electron chi connectivity index (χ0n) is 8.07. The summed E-state index contributed by atoms with van der Waals surface area (Å²) in [6, 6.07) is 7.01. The normalized spacial score (nSPS) is 10.9. The summed E-state index contributed by atoms with van der Waals surface area (Å²) in [7, 11) is 0. The lowest BCUT2D eigenvalue weighted by atomic mass is 10.0. The summed E-state index contributed by atoms with van der Waals surface area (Å²) in [4.78, 5) is 0. The number of rotatable bonds is 0. The van der Waals surface area contributed by atoms with Crippen molar-refractivity contribution in [1.82, 2.24) is 0 Å². The second kappa shape index (κ2) is 3.05. The summed E-state index contributed by atoms with van der Waals surface area (Å²) in [5.41, 5.74) is 1.28. The fourth-order valence-electron chi connectivity index (χ4n) is 1.57. The van der Waals surface area contributed by atoms with Crippen LogP contribution in [0.5, 0.6) is 0 Å². The van der Waals surface area contributed by atoms with E-state index in [2.05, 4.69) is 0 Å². The first-order chi connectivity index (χ1) is 6.59. The molecule has 0 atom stereocenters. The first kappa shape index (κ1) is 9.13. The molecule has 0 amide bonds. The Hall–Kier alpha value is -1.44. The molecule has 0 aliphatic rings. The number of hydrogen-bond donors (Lipinski definition) is 0. The molecule has 2 aromatic rings. The van der Waals surface area contributed by atoms with Gasteiger partial charge in [-0.2, -0.15) is 0 Å². The monoisotopic (exact) mass is 192 g/mol. The first-order valence-electron chi connectivity index (χ1n) is 4.44. The molecule has 0 saturated carbocycles. The number of hydrogen-bond acceptors (Lipinski definition) is 0. The van der Waals surface area contributed by atoms with Crippen LogP contribution in [-0.4, -0.2) is 0 Å². The second-order valence-corrected chi connectivity index (χ2v) is 3.55. The van der Waals surface area contributed by atoms with Gasteiger partial charge in [-0.3, -0.25) is 0 Å². The van der Waals surface area contributed by atoms with Crippen LogP contribution in [0.1, 0.15) is 11.1 Å². The Balaban J connectivity index is 2.92. The maximum atomic E-state index is 13.5. The summed E-state index contributed by atoms with van der Waals surface area (Å²) >= 11 is 0. The minimum Gasteiger partial charge on any atom is -0.203 e. The minimum atomic E-state index is -0.747. The number of benzene rings is 2. The van der Waals surface area contributed by atoms with Gasteiger partial charge < -0.3 is 0 Å². The summed E-state index contributed by atoms with van der Waals surface area (Å²) in [6.45, 7) is 3.42. The van der Waals surface area contributed by atoms with Crippen molar-refractivity contribution in [2.45, 2.75) is 13.8 Å². The fraction of sp³-hybridized carbons (Fsp3) is 0.167. The molecule has 14 heavy (non-hydrogen) atoms. The quantitative estimate of drug-likeness (QED) is 0.596. The molecule has 0 nitrogen and oxygen atoms in total. The van der Waals surface area contributed by atoms with E-state index in [0.29, 0.717) is 10.9 Å². The van der Waals surface area contributed by atoms with Crippen molar-refractivity contribution in [1.29, 1.82) is 0 Å². The van der Waals surface area contributed by atoms with E-state index in [9.17, 15) is 8.78 Å². The van der Waals surface area contributed by atoms with Gasteiger partial charge in [-0.1, -0.05) is 17.7 Å². The zero-order chi connectivity index (χ0) is 10.3. The lowest BCUT2D eigenvalue weighted by Crippen LogP contribution is -1.91. The number of halogens is 2. The molecule has 2 heteroatoms. The van der Waals surface area contributed by atoms with Crippen molar-refractivity contribution in [3.63, 3.8) is 0 Å². The van der Waals surface area contributed by atoms with Gasteiger partial charge >= 0.3 is 0 Å². The van der Waals surface area contributed by atoms with Crippen molar-refractivity contribution in [3.8, 4) is 0 Å². The van der Waals surface area contributed by atoms with E-state index in [1.54, 1.807) is 25.1 Å². The number of aryl methyl sites for hydroxylation is 2. The highest BCUT2D eigenvalue weighted by Gasteiger charge is 2.10. The fourth-order valence-corrected chi connectivity index (χ4v) is 1.57. The molecule has 0 unspecified atom stereocenters. The Labute approximate surface area is 81.2 Å². The first-order valence-corrected chi connectivity index (χ1v) is 4.44. The standard InChI is InChI=1S/C12H10F2/c1-7-3-4-9-6-8(2)11(13)12(14)10(9)5-7/h3-6H,1-2H3. The van der Waals surface area contributed by atoms with Gasteiger partial charge in [0.05, 0.1) is 0 Å². The van der Waals surface area contributed by atoms with Gasteiger partial charge in [0.15, 0.2) is 11.6 Å². The molecule has 2 rings (SSSR count). The Bertz CT molecular complexity index is 501. The van der Waals surface area contributed by atoms with Crippen LogP contribution < -0.4 is 0 Å². The molecule has 0 bridgehead atoms. The van der Waals surface area contributed by atoms with Crippen LogP contribution in [0.2, 0.25) is 0 Å². The lowest BCUT2D eigenvalue weighted by molar-refractivity contribution is 0.511. The average Bonchev–Trinajstić information content (AvgIpc) is 2.16. The summed E-state index contributed by atoms with van der Waals surface area (Å²) in [6.07, 6.45) is 0. The third kappa shape index (κ3) is 1.27. The molecule has 0 radical (unpaired) electrons. The molecule has 2 aromatic carbocycles. The van der Waals surface area contributed by atoms with Gasteiger partial charge in [0, 0.05) is 5.39 Å². The van der Waals surface area contributed by atoms with E-state index in [0.717, 1.165) is 10.9 Å². The van der Waals surface area contributed by atoms with Crippen molar-refractivity contribution < 1.29 is 8.78 Å². The van der Waals surface area contributed by atoms with Crippen LogP contribution >= 0.6 is 0 Å². The van der Waals surface area contributed by atoms with E-state index in [1.807, 2.05) is 13.0 Å². The predicted molar refractivity (Wildman–Crippen MR) is 53.3 cm³/mol. The van der Waals surface area contributed by atoms with E-state index in [1.165, 1.54) is 0 Å². The van der Waals surface area contributed by atoms with Crippen LogP contribution in [0, 0.1) is 25.5 Å². The Morgan fingerprint density at radius 3 is 2.36 bits per heavy atom. The minimum absolute atomic E-state index is 0.346. The average molecular weight is 192 g/mol. The van der Waals surface area contributed by atoms with E-state index >= 15 is 0 Å². The molecule has 0 fully saturated rings. The highest BCUT2D eigenvalue weighted by Crippen LogP contribution is 2.24. The van der Waals surface area contributed by atoms with Gasteiger partial charge in [-0.15, -0.1) is 0 Å². The van der Waals surface area contributed by atoms with E-state index in [4.69, 9.17) is 0 Å². The summed E-state index contributed by atoms with van der Waals surface area (Å²) < 4.78 is 26.7. The highest BCUT2D eigenvalue weighted by atomic mass is 19.2. The molecule has 0 saturated heterocycles. The Kier molecular flexibility index (Phi) is 1.99. The van der Waals surface area contributed by atoms with Gasteiger partial charge in [0.1, 0.15) is 0 Å². The Morgan fingerprint density at radius 2 is 1.64 bits per heavy atom. The van der Waals surface area contributed by atoms with Crippen molar-refractivity contribution in [2.24, 2.45) is 0 Å². The topological polar surface area (TPSA) is 0 Å². The highest BCUT2D eigenvalue weighted by molar-refractivity contribution is 5.84. The molecule has 0 spiro atoms. The zero-order valence-corrected chi connectivity index (χ0v) is 8.07. The molecule has 72 valence electrons. The summed E-state index contributed by atoms with van der Waals surface area (Å²) in [5, 5.41) is 1.10. The SMILES string of the molecule is Cc1ccc2cc(C)c(F)c(F)c2c1. The maximum absolute atomic E-state index is 13.5. The van der Waals surface area contributed by atoms with Gasteiger partial charge in [0.2, 0.25) is 0 Å². The molecule has 0 aliphatic heterocycles. The third-order valence-corrected chi connectivity index (χ3v) is 2.36. The molecule has 0 N–H and O–H groups in total. The van der Waals surface area contributed by atoms with E-state index in [-0.39, 0.29) is 0 Å². The molecule has 0 aliphatic carbocycles. The molecular formula is C12H10F2. The number of fused-ring (bicyclic) bond motifs is 1. The van der Waals surface area contributed by atoms with Crippen molar-refractivity contribution in [3.05, 3.63) is 47.0 Å². The van der Waals surface area contributed by atoms with Crippen LogP contribution in [0.25, 0.3) is 10.8 Å². The van der Waals surface area contributed by atoms with Crippen molar-refractivity contribution in [2.75, 3.05) is 0 Å². The second-order valence-electron chi connectivity index (χ2n) is 3.55. The maximum Gasteiger partial charge on any atom is 0.166 e. The van der Waals surface area contributed by atoms with Gasteiger partial charge in [0.25, 0.3) is 0 Å². The Morgan fingerprint density at radius 1 is 0.929 bits per heavy atom. The smallest absolute Gasteiger partial charge is 0.166 e. The van der Waals surface area contributed by atoms with Gasteiger partial charge in [-0.25, -0.2) is 8.78 Å². The molecule has 0 heterocycles. The summed E-state index contributed by atoms with van der Waals surface area (Å²) in [5.74, 6) is -1.49. The third-order valence-electron chi connectivity index (χ3n) is 2.36. The van der Waals surface area contributed by atoms with Crippen molar-refractivity contribution >= 4 is 10.8 Å². The lowest BCUT2D eigenvalue weighted by Gasteiger charge is -2.04. The van der Waals surface area contributed by atoms with Crippen LogP contribution in [-0.2, 0) is 0 Å². The largest absolute Gasteiger partial charge is 0.203 e. The van der Waals surface area contributed by atoms with E-state index < -0.39 is 11.6 Å². The van der Waals surface area contributed by atoms with Crippen LogP contribution in [0.15, 0.2) is 24.3 Å². The molecule has 0 aromatic heterocycles. The predicted octanol–water partition coefficient (Wildman–Crippen LogP) is 3.73. The molecular weight excluding hydrogens is 182 g/mol. The van der Waals surface area contributed by atoms with Crippen LogP contribution in [0.4, 0.5) is 8.78 Å². The van der Waals surface area contributed by atoms with Gasteiger partial charge in [-0.05, 0) is 36.9 Å². The van der Waals surface area contributed by atoms with Crippen LogP contribution in [0.3, 0.4) is 0 Å².